The molecule has 1 aliphatic heterocycles. The number of amides is 1. The molecule has 0 bridgehead atoms. The van der Waals surface area contributed by atoms with Crippen LogP contribution in [0.4, 0.5) is 0 Å². The summed E-state index contributed by atoms with van der Waals surface area (Å²) in [6.45, 7) is 6.37. The zero-order valence-electron chi connectivity index (χ0n) is 15.9. The molecule has 9 heteroatoms. The Bertz CT molecular complexity index is 738. The van der Waals surface area contributed by atoms with Gasteiger partial charge in [-0.25, -0.2) is 4.98 Å². The third-order valence-corrected chi connectivity index (χ3v) is 5.42. The molecule has 3 N–H and O–H groups in total. The van der Waals surface area contributed by atoms with Crippen LogP contribution in [0.5, 0.6) is 0 Å². The molecule has 0 aliphatic carbocycles. The topological polar surface area (TPSA) is 80.5 Å². The van der Waals surface area contributed by atoms with Crippen molar-refractivity contribution in [1.29, 1.82) is 0 Å². The van der Waals surface area contributed by atoms with Crippen LogP contribution in [0.1, 0.15) is 32.7 Å². The van der Waals surface area contributed by atoms with Crippen molar-refractivity contribution in [3.05, 3.63) is 51.5 Å². The number of hydrogen-bond donors (Lipinski definition) is 2. The zero-order valence-corrected chi connectivity index (χ0v) is 18.4. The number of carbonyl (C=O) groups is 1. The van der Waals surface area contributed by atoms with Crippen molar-refractivity contribution >= 4 is 42.1 Å². The third-order valence-electron chi connectivity index (χ3n) is 4.51. The maximum absolute atomic E-state index is 12.5. The normalized spacial score (nSPS) is 15.2. The van der Waals surface area contributed by atoms with Crippen LogP contribution < -0.4 is 11.1 Å². The largest absolute Gasteiger partial charge is 0.379 e. The van der Waals surface area contributed by atoms with Crippen LogP contribution in [0.2, 0.25) is 0 Å². The van der Waals surface area contributed by atoms with Crippen molar-refractivity contribution in [2.45, 2.75) is 19.4 Å². The van der Waals surface area contributed by atoms with Gasteiger partial charge in [0, 0.05) is 31.4 Å². The van der Waals surface area contributed by atoms with E-state index in [9.17, 15) is 4.79 Å². The Morgan fingerprint density at radius 1 is 1.36 bits per heavy atom. The molecule has 0 spiro atoms. The van der Waals surface area contributed by atoms with Gasteiger partial charge in [-0.3, -0.25) is 9.69 Å². The molecule has 1 saturated heterocycles. The summed E-state index contributed by atoms with van der Waals surface area (Å²) >= 11 is 1.48. The van der Waals surface area contributed by atoms with Crippen LogP contribution in [0.25, 0.3) is 0 Å². The van der Waals surface area contributed by atoms with E-state index in [1.54, 1.807) is 5.38 Å². The van der Waals surface area contributed by atoms with E-state index in [0.717, 1.165) is 31.3 Å². The summed E-state index contributed by atoms with van der Waals surface area (Å²) in [5.41, 5.74) is 8.47. The first kappa shape index (κ1) is 24.8. The summed E-state index contributed by atoms with van der Waals surface area (Å²) in [5, 5.41) is 5.77. The number of thiazole rings is 1. The maximum atomic E-state index is 12.5. The van der Waals surface area contributed by atoms with Gasteiger partial charge in [-0.05, 0) is 19.0 Å². The van der Waals surface area contributed by atoms with Gasteiger partial charge in [0.15, 0.2) is 0 Å². The summed E-state index contributed by atoms with van der Waals surface area (Å²) in [6.07, 6.45) is 0.706. The minimum Gasteiger partial charge on any atom is -0.379 e. The van der Waals surface area contributed by atoms with Crippen molar-refractivity contribution < 1.29 is 9.53 Å². The van der Waals surface area contributed by atoms with Gasteiger partial charge in [-0.2, -0.15) is 0 Å². The van der Waals surface area contributed by atoms with Crippen LogP contribution in [0.3, 0.4) is 0 Å². The van der Waals surface area contributed by atoms with Crippen molar-refractivity contribution in [1.82, 2.24) is 15.2 Å². The van der Waals surface area contributed by atoms with Crippen molar-refractivity contribution in [2.75, 3.05) is 39.4 Å². The van der Waals surface area contributed by atoms with Crippen molar-refractivity contribution in [3.63, 3.8) is 0 Å². The van der Waals surface area contributed by atoms with Gasteiger partial charge in [-0.15, -0.1) is 36.2 Å². The van der Waals surface area contributed by atoms with Gasteiger partial charge >= 0.3 is 0 Å². The van der Waals surface area contributed by atoms with E-state index in [1.807, 2.05) is 0 Å². The Balaban J connectivity index is 0.00000196. The standard InChI is InChI=1S/C19H26N4O2S.2ClH/c1-14-3-2-4-15(11-14)17(23-7-9-25-10-8-23)12-21-19(24)16-13-26-18(22-16)5-6-20;;/h2-4,11,13,17H,5-10,12,20H2,1H3,(H,21,24);2*1H. The average Bonchev–Trinajstić information content (AvgIpc) is 3.12. The smallest absolute Gasteiger partial charge is 0.270 e. The van der Waals surface area contributed by atoms with Gasteiger partial charge in [0.25, 0.3) is 5.91 Å². The Morgan fingerprint density at radius 3 is 2.79 bits per heavy atom. The third kappa shape index (κ3) is 6.69. The monoisotopic (exact) mass is 446 g/mol. The SMILES string of the molecule is Cc1cccc(C(CNC(=O)c2csc(CCN)n2)N2CCOCC2)c1.Cl.Cl. The van der Waals surface area contributed by atoms with Crippen LogP contribution in [-0.2, 0) is 11.2 Å². The van der Waals surface area contributed by atoms with Crippen LogP contribution >= 0.6 is 36.2 Å². The first-order valence-corrected chi connectivity index (χ1v) is 9.86. The zero-order chi connectivity index (χ0) is 18.4. The fraction of sp³-hybridized carbons (Fsp3) is 0.474. The second-order valence-corrected chi connectivity index (χ2v) is 7.40. The number of nitrogens with zero attached hydrogens (tertiary/aromatic N) is 2. The number of aryl methyl sites for hydroxylation is 1. The molecule has 2 heterocycles. The van der Waals surface area contributed by atoms with Crippen LogP contribution in [0.15, 0.2) is 29.6 Å². The summed E-state index contributed by atoms with van der Waals surface area (Å²) in [6, 6.07) is 8.60. The summed E-state index contributed by atoms with van der Waals surface area (Å²) in [5.74, 6) is -0.129. The van der Waals surface area contributed by atoms with Crippen LogP contribution in [-0.4, -0.2) is 55.2 Å². The average molecular weight is 447 g/mol. The number of halogens is 2. The summed E-state index contributed by atoms with van der Waals surface area (Å²) in [7, 11) is 0. The lowest BCUT2D eigenvalue weighted by atomic mass is 10.0. The number of nitrogens with one attached hydrogen (secondary N) is 1. The minimum absolute atomic E-state index is 0. The predicted octanol–water partition coefficient (Wildman–Crippen LogP) is 2.60. The lowest BCUT2D eigenvalue weighted by Crippen LogP contribution is -2.43. The Kier molecular flexibility index (Phi) is 11.0. The summed E-state index contributed by atoms with van der Waals surface area (Å²) < 4.78 is 5.48. The number of benzene rings is 1. The van der Waals surface area contributed by atoms with Crippen molar-refractivity contribution in [3.8, 4) is 0 Å². The van der Waals surface area contributed by atoms with Gasteiger partial charge in [0.05, 0.1) is 24.3 Å². The lowest BCUT2D eigenvalue weighted by molar-refractivity contribution is 0.0162. The highest BCUT2D eigenvalue weighted by Crippen LogP contribution is 2.22. The van der Waals surface area contributed by atoms with Gasteiger partial charge in [-0.1, -0.05) is 29.8 Å². The fourth-order valence-electron chi connectivity index (χ4n) is 3.16. The molecule has 1 aromatic carbocycles. The molecule has 28 heavy (non-hydrogen) atoms. The van der Waals surface area contributed by atoms with Gasteiger partial charge < -0.3 is 15.8 Å². The highest BCUT2D eigenvalue weighted by Gasteiger charge is 2.24. The molecule has 1 aliphatic rings. The number of morpholine rings is 1. The Hall–Kier alpha value is -1.22. The molecule has 1 fully saturated rings. The van der Waals surface area contributed by atoms with E-state index in [4.69, 9.17) is 10.5 Å². The highest BCUT2D eigenvalue weighted by molar-refractivity contribution is 7.09. The molecule has 0 radical (unpaired) electrons. The molecular weight excluding hydrogens is 419 g/mol. The second-order valence-electron chi connectivity index (χ2n) is 6.45. The van der Waals surface area contributed by atoms with Gasteiger partial charge in [0.2, 0.25) is 0 Å². The second kappa shape index (κ2) is 12.4. The number of nitrogens with two attached hydrogens (primary N) is 1. The van der Waals surface area contributed by atoms with E-state index in [0.29, 0.717) is 25.2 Å². The van der Waals surface area contributed by atoms with E-state index in [2.05, 4.69) is 46.4 Å². The Morgan fingerprint density at radius 2 is 2.11 bits per heavy atom. The number of carbonyl (C=O) groups excluding carboxylic acids is 1. The number of ether oxygens (including phenoxy) is 1. The molecular formula is C19H28Cl2N4O2S. The number of hydrogen-bond acceptors (Lipinski definition) is 6. The molecule has 156 valence electrons. The van der Waals surface area contributed by atoms with Gasteiger partial charge in [0.1, 0.15) is 5.69 Å². The molecule has 1 amide bonds. The highest BCUT2D eigenvalue weighted by atomic mass is 35.5. The molecule has 1 atom stereocenters. The number of aromatic nitrogens is 1. The van der Waals surface area contributed by atoms with E-state index >= 15 is 0 Å². The quantitative estimate of drug-likeness (QED) is 0.682. The maximum Gasteiger partial charge on any atom is 0.270 e. The van der Waals surface area contributed by atoms with Crippen LogP contribution in [0, 0.1) is 6.92 Å². The van der Waals surface area contributed by atoms with E-state index in [-0.39, 0.29) is 36.8 Å². The molecule has 1 unspecified atom stereocenters. The molecule has 6 nitrogen and oxygen atoms in total. The number of rotatable bonds is 7. The molecule has 2 aromatic rings. The van der Waals surface area contributed by atoms with E-state index < -0.39 is 0 Å². The molecule has 1 aromatic heterocycles. The first-order chi connectivity index (χ1) is 12.7. The molecule has 0 saturated carbocycles. The Labute approximate surface area is 182 Å². The molecule has 3 rings (SSSR count). The van der Waals surface area contributed by atoms with Crippen molar-refractivity contribution in [2.24, 2.45) is 5.73 Å². The summed E-state index contributed by atoms with van der Waals surface area (Å²) in [4.78, 5) is 19.3. The predicted molar refractivity (Wildman–Crippen MR) is 118 cm³/mol. The lowest BCUT2D eigenvalue weighted by Gasteiger charge is -2.35. The first-order valence-electron chi connectivity index (χ1n) is 8.98. The fourth-order valence-corrected chi connectivity index (χ4v) is 3.95. The minimum atomic E-state index is -0.129. The van der Waals surface area contributed by atoms with E-state index in [1.165, 1.54) is 22.5 Å².